The predicted molar refractivity (Wildman–Crippen MR) is 71.8 cm³/mol. The van der Waals surface area contributed by atoms with Crippen molar-refractivity contribution in [3.63, 3.8) is 0 Å². The predicted octanol–water partition coefficient (Wildman–Crippen LogP) is 2.66. The van der Waals surface area contributed by atoms with Crippen LogP contribution in [0.15, 0.2) is 0 Å². The third kappa shape index (κ3) is 6.41. The van der Waals surface area contributed by atoms with E-state index in [9.17, 15) is 0 Å². The van der Waals surface area contributed by atoms with E-state index in [1.807, 2.05) is 20.8 Å². The van der Waals surface area contributed by atoms with E-state index in [0.717, 1.165) is 19.2 Å². The smallest absolute Gasteiger partial charge is 0.379 e. The molecule has 0 aromatic heterocycles. The molecular formula is C12H26O5P+. The molecule has 1 aliphatic rings. The summed E-state index contributed by atoms with van der Waals surface area (Å²) in [5, 5.41) is 0. The van der Waals surface area contributed by atoms with Crippen LogP contribution in [0.4, 0.5) is 0 Å². The Morgan fingerprint density at radius 2 is 1.61 bits per heavy atom. The highest BCUT2D eigenvalue weighted by Gasteiger charge is 2.43. The molecule has 0 N–H and O–H groups in total. The quantitative estimate of drug-likeness (QED) is 0.313. The van der Waals surface area contributed by atoms with Crippen molar-refractivity contribution in [3.05, 3.63) is 0 Å². The molecule has 0 aromatic carbocycles. The van der Waals surface area contributed by atoms with Crippen LogP contribution in [0, 0.1) is 0 Å². The van der Waals surface area contributed by atoms with E-state index >= 15 is 0 Å². The highest BCUT2D eigenvalue weighted by atomic mass is 31.2. The summed E-state index contributed by atoms with van der Waals surface area (Å²) < 4.78 is 27.8. The van der Waals surface area contributed by atoms with Crippen molar-refractivity contribution in [1.29, 1.82) is 0 Å². The van der Waals surface area contributed by atoms with E-state index in [2.05, 4.69) is 0 Å². The summed E-state index contributed by atoms with van der Waals surface area (Å²) in [6, 6.07) is 0. The molecule has 0 aliphatic carbocycles. The Morgan fingerprint density at radius 3 is 2.06 bits per heavy atom. The number of hydrogen-bond acceptors (Lipinski definition) is 5. The van der Waals surface area contributed by atoms with E-state index in [1.165, 1.54) is 0 Å². The molecule has 0 amide bonds. The third-order valence-electron chi connectivity index (χ3n) is 2.40. The van der Waals surface area contributed by atoms with Crippen LogP contribution in [-0.4, -0.2) is 51.9 Å². The Morgan fingerprint density at radius 1 is 1.06 bits per heavy atom. The molecule has 1 unspecified atom stereocenters. The molecule has 6 heteroatoms. The molecule has 1 heterocycles. The summed E-state index contributed by atoms with van der Waals surface area (Å²) in [6.45, 7) is 9.99. The van der Waals surface area contributed by atoms with Gasteiger partial charge in [-0.3, -0.25) is 0 Å². The second-order valence-corrected chi connectivity index (χ2v) is 6.42. The van der Waals surface area contributed by atoms with Gasteiger partial charge in [0.2, 0.25) is 0 Å². The zero-order valence-corrected chi connectivity index (χ0v) is 12.6. The van der Waals surface area contributed by atoms with Crippen LogP contribution >= 0.6 is 7.94 Å². The first-order valence-corrected chi connectivity index (χ1v) is 8.50. The molecule has 1 aliphatic heterocycles. The summed E-state index contributed by atoms with van der Waals surface area (Å²) in [7, 11) is -2.16. The second kappa shape index (κ2) is 9.18. The first-order chi connectivity index (χ1) is 8.76. The average molecular weight is 281 g/mol. The fourth-order valence-corrected chi connectivity index (χ4v) is 3.94. The summed E-state index contributed by atoms with van der Waals surface area (Å²) in [4.78, 5) is 0. The molecule has 0 saturated carbocycles. The number of rotatable bonds is 12. The van der Waals surface area contributed by atoms with Crippen molar-refractivity contribution in [1.82, 2.24) is 0 Å². The Hall–Kier alpha value is 0.230. The molecule has 0 radical (unpaired) electrons. The topological polar surface area (TPSA) is 49.5 Å². The third-order valence-corrected chi connectivity index (χ3v) is 5.22. The van der Waals surface area contributed by atoms with Gasteiger partial charge in [-0.25, -0.2) is 0 Å². The van der Waals surface area contributed by atoms with E-state index in [4.69, 9.17) is 23.0 Å². The van der Waals surface area contributed by atoms with Gasteiger partial charge in [-0.1, -0.05) is 0 Å². The number of epoxide rings is 1. The van der Waals surface area contributed by atoms with Crippen LogP contribution in [0.1, 0.15) is 27.2 Å². The second-order valence-electron chi connectivity index (χ2n) is 3.97. The van der Waals surface area contributed by atoms with Gasteiger partial charge in [0.15, 0.2) is 0 Å². The largest absolute Gasteiger partial charge is 0.411 e. The first kappa shape index (κ1) is 16.3. The van der Waals surface area contributed by atoms with Crippen molar-refractivity contribution >= 4 is 7.94 Å². The van der Waals surface area contributed by atoms with Crippen molar-refractivity contribution in [3.8, 4) is 0 Å². The fourth-order valence-electron chi connectivity index (χ4n) is 1.63. The van der Waals surface area contributed by atoms with E-state index in [0.29, 0.717) is 39.1 Å². The highest BCUT2D eigenvalue weighted by Crippen LogP contribution is 2.62. The molecule has 0 aromatic rings. The van der Waals surface area contributed by atoms with Gasteiger partial charge in [0.1, 0.15) is 12.3 Å². The van der Waals surface area contributed by atoms with Crippen LogP contribution < -0.4 is 0 Å². The van der Waals surface area contributed by atoms with Gasteiger partial charge in [-0.15, -0.1) is 0 Å². The lowest BCUT2D eigenvalue weighted by molar-refractivity contribution is 0.111. The maximum absolute atomic E-state index is 5.74. The summed E-state index contributed by atoms with van der Waals surface area (Å²) in [6.07, 6.45) is 2.00. The van der Waals surface area contributed by atoms with Gasteiger partial charge < -0.3 is 9.47 Å². The maximum atomic E-state index is 5.74. The number of hydrogen-bond donors (Lipinski definition) is 0. The summed E-state index contributed by atoms with van der Waals surface area (Å²) in [5.41, 5.74) is 0. The molecule has 5 nitrogen and oxygen atoms in total. The van der Waals surface area contributed by atoms with E-state index < -0.39 is 7.94 Å². The monoisotopic (exact) mass is 281 g/mol. The van der Waals surface area contributed by atoms with Crippen LogP contribution in [-0.2, 0) is 23.0 Å². The van der Waals surface area contributed by atoms with Gasteiger partial charge in [0, 0.05) is 6.42 Å². The molecule has 18 heavy (non-hydrogen) atoms. The van der Waals surface area contributed by atoms with Crippen LogP contribution in [0.3, 0.4) is 0 Å². The Balaban J connectivity index is 2.22. The highest BCUT2D eigenvalue weighted by molar-refractivity contribution is 7.61. The molecule has 0 bridgehead atoms. The molecule has 1 fully saturated rings. The van der Waals surface area contributed by atoms with Crippen LogP contribution in [0.25, 0.3) is 0 Å². The van der Waals surface area contributed by atoms with Gasteiger partial charge in [0.05, 0.1) is 39.6 Å². The SMILES string of the molecule is CCO[P+](CCCOCC1CO1)(OCC)OCC. The van der Waals surface area contributed by atoms with E-state index in [1.54, 1.807) is 0 Å². The fraction of sp³-hybridized carbons (Fsp3) is 1.00. The zero-order valence-electron chi connectivity index (χ0n) is 11.7. The lowest BCUT2D eigenvalue weighted by Gasteiger charge is -2.20. The van der Waals surface area contributed by atoms with Crippen LogP contribution in [0.5, 0.6) is 0 Å². The Bertz CT molecular complexity index is 194. The standard InChI is InChI=1S/C12H26O5P/c1-4-15-18(16-5-2,17-6-3)9-7-8-13-10-12-11-14-12/h12H,4-11H2,1-3H3/q+1. The van der Waals surface area contributed by atoms with Gasteiger partial charge >= 0.3 is 7.94 Å². The minimum absolute atomic E-state index is 0.329. The summed E-state index contributed by atoms with van der Waals surface area (Å²) >= 11 is 0. The Kier molecular flexibility index (Phi) is 8.31. The van der Waals surface area contributed by atoms with Crippen LogP contribution in [0.2, 0.25) is 0 Å². The summed E-state index contributed by atoms with van der Waals surface area (Å²) in [5.74, 6) is 0. The van der Waals surface area contributed by atoms with Crippen molar-refractivity contribution in [2.24, 2.45) is 0 Å². The zero-order chi connectivity index (χ0) is 13.3. The maximum Gasteiger partial charge on any atom is 0.411 e. The minimum atomic E-state index is -2.16. The molecule has 1 saturated heterocycles. The lowest BCUT2D eigenvalue weighted by atomic mass is 10.5. The normalized spacial score (nSPS) is 19.2. The molecule has 108 valence electrons. The molecule has 1 rings (SSSR count). The van der Waals surface area contributed by atoms with Gasteiger partial charge in [-0.2, -0.15) is 13.6 Å². The van der Waals surface area contributed by atoms with E-state index in [-0.39, 0.29) is 0 Å². The van der Waals surface area contributed by atoms with Gasteiger partial charge in [-0.05, 0) is 20.8 Å². The van der Waals surface area contributed by atoms with Crippen molar-refractivity contribution < 1.29 is 23.0 Å². The van der Waals surface area contributed by atoms with Gasteiger partial charge in [0.25, 0.3) is 0 Å². The Labute approximate surface area is 111 Å². The first-order valence-electron chi connectivity index (χ1n) is 6.77. The average Bonchev–Trinajstić information content (AvgIpc) is 3.14. The van der Waals surface area contributed by atoms with Crippen molar-refractivity contribution in [2.45, 2.75) is 33.3 Å². The lowest BCUT2D eigenvalue weighted by Crippen LogP contribution is -2.13. The minimum Gasteiger partial charge on any atom is -0.379 e. The molecular weight excluding hydrogens is 255 g/mol. The van der Waals surface area contributed by atoms with Crippen molar-refractivity contribution in [2.75, 3.05) is 45.8 Å². The molecule has 1 atom stereocenters. The molecule has 0 spiro atoms. The number of ether oxygens (including phenoxy) is 2.